The summed E-state index contributed by atoms with van der Waals surface area (Å²) in [7, 11) is -4.61. The maximum absolute atomic E-state index is 12.4. The molecule has 1 aromatic rings. The Morgan fingerprint density at radius 1 is 1.25 bits per heavy atom. The lowest BCUT2D eigenvalue weighted by Gasteiger charge is -2.12. The Balaban J connectivity index is 2.09. The van der Waals surface area contributed by atoms with Crippen LogP contribution in [0.15, 0.2) is 29.2 Å². The van der Waals surface area contributed by atoms with Gasteiger partial charge in [0.2, 0.25) is 9.84 Å². The molecule has 4 nitrogen and oxygen atoms in total. The summed E-state index contributed by atoms with van der Waals surface area (Å²) < 4.78 is 47.2. The quantitative estimate of drug-likeness (QED) is 0.907. The maximum atomic E-state index is 12.4. The lowest BCUT2D eigenvalue weighted by atomic mass is 10.1. The number of nitrogens with one attached hydrogen (secondary N) is 1. The van der Waals surface area contributed by atoms with Crippen molar-refractivity contribution < 1.29 is 22.0 Å². The van der Waals surface area contributed by atoms with Crippen LogP contribution < -0.4 is 5.32 Å². The van der Waals surface area contributed by atoms with Crippen molar-refractivity contribution in [1.82, 2.24) is 5.32 Å². The summed E-state index contributed by atoms with van der Waals surface area (Å²) in [6, 6.07) is 4.59. The van der Waals surface area contributed by atoms with Gasteiger partial charge in [0, 0.05) is 11.6 Å². The van der Waals surface area contributed by atoms with Crippen LogP contribution >= 0.6 is 0 Å². The van der Waals surface area contributed by atoms with E-state index in [4.69, 9.17) is 0 Å². The zero-order valence-electron chi connectivity index (χ0n) is 10.8. The van der Waals surface area contributed by atoms with Crippen molar-refractivity contribution in [3.05, 3.63) is 29.8 Å². The smallest absolute Gasteiger partial charge is 0.341 e. The van der Waals surface area contributed by atoms with Crippen molar-refractivity contribution in [2.45, 2.75) is 36.5 Å². The van der Waals surface area contributed by atoms with Crippen LogP contribution in [-0.2, 0) is 9.84 Å². The van der Waals surface area contributed by atoms with Gasteiger partial charge in [0.15, 0.2) is 0 Å². The summed E-state index contributed by atoms with van der Waals surface area (Å²) in [5, 5.41) is 2.80. The monoisotopic (exact) mass is 303 g/mol. The first kappa shape index (κ1) is 14.9. The molecule has 0 spiro atoms. The van der Waals surface area contributed by atoms with Crippen LogP contribution in [0.25, 0.3) is 0 Å². The Labute approximate surface area is 116 Å². The number of carbonyl (C=O) groups excluding carboxylic acids is 1. The second-order valence-electron chi connectivity index (χ2n) is 4.93. The summed E-state index contributed by atoms with van der Waals surface area (Å²) in [4.78, 5) is 11.4. The van der Waals surface area contributed by atoms with E-state index in [1.165, 1.54) is 12.1 Å². The van der Waals surface area contributed by atoms with Crippen LogP contribution in [0, 0.1) is 5.92 Å². The summed E-state index contributed by atoms with van der Waals surface area (Å²) in [5.41, 5.74) is 0.255. The molecule has 1 amide bonds. The lowest BCUT2D eigenvalue weighted by molar-refractivity contribution is 0.0935. The van der Waals surface area contributed by atoms with Crippen molar-refractivity contribution in [1.29, 1.82) is 0 Å². The van der Waals surface area contributed by atoms with E-state index in [1.807, 2.05) is 6.92 Å². The molecule has 1 aliphatic rings. The topological polar surface area (TPSA) is 63.2 Å². The van der Waals surface area contributed by atoms with Crippen LogP contribution in [-0.4, -0.2) is 26.1 Å². The fourth-order valence-electron chi connectivity index (χ4n) is 1.90. The lowest BCUT2D eigenvalue weighted by Crippen LogP contribution is -2.33. The first-order valence-corrected chi connectivity index (χ1v) is 7.80. The standard InChI is InChI=1S/C13H15F2NO3S/c1-8(9-2-3-9)16-12(17)10-4-6-11(7-5-10)20(18,19)13(14)15/h4-9,13H,2-3H2,1H3,(H,16,17). The van der Waals surface area contributed by atoms with Crippen molar-refractivity contribution in [2.24, 2.45) is 5.92 Å². The highest BCUT2D eigenvalue weighted by atomic mass is 32.2. The first-order chi connectivity index (χ1) is 9.32. The molecule has 7 heteroatoms. The molecule has 1 unspecified atom stereocenters. The third-order valence-electron chi connectivity index (χ3n) is 3.37. The Morgan fingerprint density at radius 3 is 2.25 bits per heavy atom. The van der Waals surface area contributed by atoms with Gasteiger partial charge in [-0.3, -0.25) is 4.79 Å². The van der Waals surface area contributed by atoms with Crippen molar-refractivity contribution in [2.75, 3.05) is 0 Å². The van der Waals surface area contributed by atoms with Crippen molar-refractivity contribution >= 4 is 15.7 Å². The van der Waals surface area contributed by atoms with Crippen LogP contribution in [0.1, 0.15) is 30.1 Å². The van der Waals surface area contributed by atoms with Crippen LogP contribution in [0.5, 0.6) is 0 Å². The molecule has 1 atom stereocenters. The molecule has 1 saturated carbocycles. The van der Waals surface area contributed by atoms with Crippen molar-refractivity contribution in [3.63, 3.8) is 0 Å². The normalized spacial score (nSPS) is 17.0. The van der Waals surface area contributed by atoms with E-state index in [0.29, 0.717) is 5.92 Å². The molecule has 0 aliphatic heterocycles. The average Bonchev–Trinajstić information content (AvgIpc) is 3.22. The minimum Gasteiger partial charge on any atom is -0.349 e. The zero-order chi connectivity index (χ0) is 14.9. The summed E-state index contributed by atoms with van der Waals surface area (Å²) in [6.45, 7) is 1.91. The molecule has 20 heavy (non-hydrogen) atoms. The highest BCUT2D eigenvalue weighted by Crippen LogP contribution is 2.32. The average molecular weight is 303 g/mol. The maximum Gasteiger partial charge on any atom is 0.341 e. The van der Waals surface area contributed by atoms with Gasteiger partial charge in [0.1, 0.15) is 0 Å². The largest absolute Gasteiger partial charge is 0.349 e. The van der Waals surface area contributed by atoms with Gasteiger partial charge in [-0.1, -0.05) is 0 Å². The summed E-state index contributed by atoms with van der Waals surface area (Å²) >= 11 is 0. The fraction of sp³-hybridized carbons (Fsp3) is 0.462. The van der Waals surface area contributed by atoms with Crippen LogP contribution in [0.4, 0.5) is 8.78 Å². The van der Waals surface area contributed by atoms with E-state index in [-0.39, 0.29) is 17.5 Å². The third kappa shape index (κ3) is 3.15. The summed E-state index contributed by atoms with van der Waals surface area (Å²) in [6.07, 6.45) is 2.18. The number of sulfone groups is 1. The second kappa shape index (κ2) is 5.47. The number of halogens is 2. The van der Waals surface area contributed by atoms with Crippen molar-refractivity contribution in [3.8, 4) is 0 Å². The molecule has 0 saturated heterocycles. The Kier molecular flexibility index (Phi) is 4.08. The second-order valence-corrected chi connectivity index (χ2v) is 6.85. The molecule has 0 radical (unpaired) electrons. The third-order valence-corrected chi connectivity index (χ3v) is 4.77. The van der Waals surface area contributed by atoms with Gasteiger partial charge in [0.25, 0.3) is 5.91 Å². The van der Waals surface area contributed by atoms with E-state index in [9.17, 15) is 22.0 Å². The number of amides is 1. The number of carbonyl (C=O) groups is 1. The molecule has 0 heterocycles. The molecule has 1 aliphatic carbocycles. The van der Waals surface area contributed by atoms with Crippen LogP contribution in [0.2, 0.25) is 0 Å². The van der Waals surface area contributed by atoms with E-state index in [1.54, 1.807) is 0 Å². The van der Waals surface area contributed by atoms with Gasteiger partial charge in [-0.25, -0.2) is 8.42 Å². The predicted molar refractivity (Wildman–Crippen MR) is 69.3 cm³/mol. The molecule has 1 fully saturated rings. The Morgan fingerprint density at radius 2 is 1.80 bits per heavy atom. The van der Waals surface area contributed by atoms with Crippen LogP contribution in [0.3, 0.4) is 0 Å². The fourth-order valence-corrected chi connectivity index (χ4v) is 2.62. The minimum atomic E-state index is -4.61. The Hall–Kier alpha value is -1.50. The van der Waals surface area contributed by atoms with Gasteiger partial charge in [0.05, 0.1) is 4.90 Å². The summed E-state index contributed by atoms with van der Waals surface area (Å²) in [5.74, 6) is -3.29. The van der Waals surface area contributed by atoms with Gasteiger partial charge in [-0.2, -0.15) is 8.78 Å². The predicted octanol–water partition coefficient (Wildman–Crippen LogP) is 2.21. The van der Waals surface area contributed by atoms with Gasteiger partial charge < -0.3 is 5.32 Å². The zero-order valence-corrected chi connectivity index (χ0v) is 11.7. The molecule has 0 bridgehead atoms. The Bertz CT molecular complexity index is 595. The van der Waals surface area contributed by atoms with E-state index >= 15 is 0 Å². The number of rotatable bonds is 5. The number of hydrogen-bond donors (Lipinski definition) is 1. The molecule has 0 aromatic heterocycles. The van der Waals surface area contributed by atoms with Gasteiger partial charge in [-0.15, -0.1) is 0 Å². The van der Waals surface area contributed by atoms with E-state index in [0.717, 1.165) is 25.0 Å². The molecular weight excluding hydrogens is 288 g/mol. The molecule has 1 aromatic carbocycles. The number of alkyl halides is 2. The molecule has 2 rings (SSSR count). The van der Waals surface area contributed by atoms with Gasteiger partial charge >= 0.3 is 5.76 Å². The van der Waals surface area contributed by atoms with E-state index < -0.39 is 20.5 Å². The SMILES string of the molecule is CC(NC(=O)c1ccc(S(=O)(=O)C(F)F)cc1)C1CC1. The highest BCUT2D eigenvalue weighted by molar-refractivity contribution is 7.91. The van der Waals surface area contributed by atoms with E-state index in [2.05, 4.69) is 5.32 Å². The highest BCUT2D eigenvalue weighted by Gasteiger charge is 2.29. The number of hydrogen-bond acceptors (Lipinski definition) is 3. The molecule has 1 N–H and O–H groups in total. The first-order valence-electron chi connectivity index (χ1n) is 6.25. The number of benzene rings is 1. The molecule has 110 valence electrons. The minimum absolute atomic E-state index is 0.0620. The van der Waals surface area contributed by atoms with Gasteiger partial charge in [-0.05, 0) is 49.9 Å². The molecular formula is C13H15F2NO3S.